The summed E-state index contributed by atoms with van der Waals surface area (Å²) in [5.74, 6) is 0.348. The molecule has 3 heterocycles. The number of nitrogens with zero attached hydrogens (tertiary/aromatic N) is 3. The average Bonchev–Trinajstić information content (AvgIpc) is 3.23. The number of para-hydroxylation sites is 1. The molecule has 0 aliphatic carbocycles. The van der Waals surface area contributed by atoms with Gasteiger partial charge in [0.05, 0.1) is 24.1 Å². The highest BCUT2D eigenvalue weighted by Gasteiger charge is 2.58. The van der Waals surface area contributed by atoms with Crippen LogP contribution in [0.25, 0.3) is 5.69 Å². The molecule has 0 saturated carbocycles. The monoisotopic (exact) mass is 399 g/mol. The van der Waals surface area contributed by atoms with E-state index in [4.69, 9.17) is 15.2 Å². The van der Waals surface area contributed by atoms with E-state index < -0.39 is 5.41 Å². The lowest BCUT2D eigenvalue weighted by atomic mass is 9.69. The third-order valence-electron chi connectivity index (χ3n) is 5.55. The van der Waals surface area contributed by atoms with Crippen molar-refractivity contribution in [2.24, 2.45) is 5.73 Å². The smallest absolute Gasteiger partial charge is 0.245 e. The molecule has 3 N–H and O–H groups in total. The van der Waals surface area contributed by atoms with E-state index >= 15 is 0 Å². The molecule has 8 heteroatoms. The molecule has 148 valence electrons. The van der Waals surface area contributed by atoms with Crippen LogP contribution in [0.2, 0.25) is 0 Å². The topological polar surface area (TPSA) is 115 Å². The van der Waals surface area contributed by atoms with Crippen molar-refractivity contribution in [3.63, 3.8) is 0 Å². The summed E-state index contributed by atoms with van der Waals surface area (Å²) >= 11 is 0. The predicted octanol–water partition coefficient (Wildman–Crippen LogP) is 2.51. The van der Waals surface area contributed by atoms with Gasteiger partial charge in [-0.2, -0.15) is 10.4 Å². The van der Waals surface area contributed by atoms with E-state index in [1.54, 1.807) is 36.9 Å². The summed E-state index contributed by atoms with van der Waals surface area (Å²) in [4.78, 5) is 13.5. The van der Waals surface area contributed by atoms with Crippen LogP contribution >= 0.6 is 0 Å². The molecule has 0 fully saturated rings. The number of anilines is 1. The zero-order valence-corrected chi connectivity index (χ0v) is 16.3. The molecule has 5 rings (SSSR count). The lowest BCUT2D eigenvalue weighted by Gasteiger charge is -2.32. The van der Waals surface area contributed by atoms with Crippen molar-refractivity contribution in [2.75, 3.05) is 12.4 Å². The van der Waals surface area contributed by atoms with Crippen LogP contribution in [0.1, 0.15) is 16.8 Å². The summed E-state index contributed by atoms with van der Waals surface area (Å²) in [7, 11) is 1.54. The van der Waals surface area contributed by atoms with Gasteiger partial charge in [0.2, 0.25) is 17.7 Å². The van der Waals surface area contributed by atoms with Crippen LogP contribution in [0.15, 0.2) is 60.0 Å². The first-order valence-corrected chi connectivity index (χ1v) is 9.26. The van der Waals surface area contributed by atoms with Gasteiger partial charge in [0.15, 0.2) is 0 Å². The first-order chi connectivity index (χ1) is 14.5. The van der Waals surface area contributed by atoms with Crippen LogP contribution < -0.4 is 20.5 Å². The number of aromatic nitrogens is 2. The normalized spacial score (nSPS) is 19.0. The van der Waals surface area contributed by atoms with Gasteiger partial charge in [0.1, 0.15) is 22.8 Å². The molecular weight excluding hydrogens is 382 g/mol. The van der Waals surface area contributed by atoms with E-state index in [0.717, 1.165) is 5.69 Å². The number of methoxy groups -OCH3 is 1. The second-order valence-corrected chi connectivity index (χ2v) is 7.08. The molecule has 0 bridgehead atoms. The van der Waals surface area contributed by atoms with Crippen LogP contribution in [0.5, 0.6) is 11.6 Å². The number of ether oxygens (including phenoxy) is 2. The van der Waals surface area contributed by atoms with Crippen LogP contribution in [0, 0.1) is 18.3 Å². The largest absolute Gasteiger partial charge is 0.497 e. The molecule has 2 aliphatic rings. The maximum Gasteiger partial charge on any atom is 0.245 e. The zero-order chi connectivity index (χ0) is 21.0. The number of hydrogen-bond donors (Lipinski definition) is 2. The molecular formula is C22H17N5O3. The Hall–Kier alpha value is -4.25. The fraction of sp³-hybridized carbons (Fsp3) is 0.136. The minimum absolute atomic E-state index is 0.0233. The van der Waals surface area contributed by atoms with E-state index in [1.807, 2.05) is 30.3 Å². The van der Waals surface area contributed by atoms with Gasteiger partial charge in [0.25, 0.3) is 0 Å². The van der Waals surface area contributed by atoms with Crippen molar-refractivity contribution in [3.05, 3.63) is 76.8 Å². The van der Waals surface area contributed by atoms with Crippen LogP contribution in [-0.4, -0.2) is 22.8 Å². The Bertz CT molecular complexity index is 1290. The number of carbonyl (C=O) groups is 1. The molecule has 0 radical (unpaired) electrons. The molecule has 3 aromatic rings. The van der Waals surface area contributed by atoms with E-state index in [0.29, 0.717) is 34.1 Å². The summed E-state index contributed by atoms with van der Waals surface area (Å²) in [6.07, 6.45) is 0. The standard InChI is InChI=1S/C22H17N5O3/c1-12-18-20(27(26-12)13-6-4-3-5-7-13)30-19(24)16(11-23)22(18)15-10-14(29-2)8-9-17(15)25-21(22)28/h3-10H,24H2,1-2H3,(H,25,28). The molecule has 1 amide bonds. The molecule has 1 atom stereocenters. The highest BCUT2D eigenvalue weighted by Crippen LogP contribution is 2.55. The molecule has 2 aromatic carbocycles. The van der Waals surface area contributed by atoms with Crippen molar-refractivity contribution >= 4 is 11.6 Å². The Labute approximate surface area is 172 Å². The average molecular weight is 399 g/mol. The number of amides is 1. The minimum atomic E-state index is -1.48. The third-order valence-corrected chi connectivity index (χ3v) is 5.55. The van der Waals surface area contributed by atoms with Crippen molar-refractivity contribution in [1.29, 1.82) is 5.26 Å². The number of benzene rings is 2. The highest BCUT2D eigenvalue weighted by atomic mass is 16.5. The number of nitrogens with two attached hydrogens (primary N) is 1. The summed E-state index contributed by atoms with van der Waals surface area (Å²) in [6.45, 7) is 1.78. The minimum Gasteiger partial charge on any atom is -0.497 e. The first-order valence-electron chi connectivity index (χ1n) is 9.26. The summed E-state index contributed by atoms with van der Waals surface area (Å²) < 4.78 is 12.8. The summed E-state index contributed by atoms with van der Waals surface area (Å²) in [5, 5.41) is 17.5. The van der Waals surface area contributed by atoms with Gasteiger partial charge >= 0.3 is 0 Å². The molecule has 8 nitrogen and oxygen atoms in total. The Balaban J connectivity index is 1.89. The summed E-state index contributed by atoms with van der Waals surface area (Å²) in [5.41, 5.74) is 7.68. The van der Waals surface area contributed by atoms with E-state index in [-0.39, 0.29) is 17.4 Å². The molecule has 0 saturated heterocycles. The van der Waals surface area contributed by atoms with Gasteiger partial charge in [-0.1, -0.05) is 18.2 Å². The molecule has 30 heavy (non-hydrogen) atoms. The first kappa shape index (κ1) is 17.8. The van der Waals surface area contributed by atoms with Crippen molar-refractivity contribution < 1.29 is 14.3 Å². The number of fused-ring (bicyclic) bond motifs is 4. The fourth-order valence-corrected chi connectivity index (χ4v) is 4.28. The Kier molecular flexibility index (Phi) is 3.64. The van der Waals surface area contributed by atoms with E-state index in [9.17, 15) is 10.1 Å². The predicted molar refractivity (Wildman–Crippen MR) is 108 cm³/mol. The summed E-state index contributed by atoms with van der Waals surface area (Å²) in [6, 6.07) is 16.7. The number of rotatable bonds is 2. The number of hydrogen-bond acceptors (Lipinski definition) is 6. The maximum atomic E-state index is 13.5. The number of nitriles is 1. The molecule has 2 aliphatic heterocycles. The Morgan fingerprint density at radius 3 is 2.73 bits per heavy atom. The van der Waals surface area contributed by atoms with Crippen molar-refractivity contribution in [3.8, 4) is 23.4 Å². The highest BCUT2D eigenvalue weighted by molar-refractivity contribution is 6.13. The molecule has 1 unspecified atom stereocenters. The second-order valence-electron chi connectivity index (χ2n) is 7.08. The van der Waals surface area contributed by atoms with Gasteiger partial charge < -0.3 is 20.5 Å². The van der Waals surface area contributed by atoms with Crippen molar-refractivity contribution in [2.45, 2.75) is 12.3 Å². The lowest BCUT2D eigenvalue weighted by Crippen LogP contribution is -2.42. The van der Waals surface area contributed by atoms with Crippen LogP contribution in [0.4, 0.5) is 5.69 Å². The quantitative estimate of drug-likeness (QED) is 0.684. The SMILES string of the molecule is COc1ccc2c(c1)C1(C(=O)N2)C(C#N)=C(N)Oc2c1c(C)nn2-c1ccccc1. The van der Waals surface area contributed by atoms with E-state index in [1.165, 1.54) is 0 Å². The number of aryl methyl sites for hydroxylation is 1. The van der Waals surface area contributed by atoms with E-state index in [2.05, 4.69) is 16.5 Å². The van der Waals surface area contributed by atoms with Gasteiger partial charge in [-0.3, -0.25) is 4.79 Å². The zero-order valence-electron chi connectivity index (χ0n) is 16.3. The third kappa shape index (κ3) is 2.09. The lowest BCUT2D eigenvalue weighted by molar-refractivity contribution is -0.118. The van der Waals surface area contributed by atoms with Gasteiger partial charge in [0, 0.05) is 11.3 Å². The molecule has 1 aromatic heterocycles. The molecule has 1 spiro atoms. The van der Waals surface area contributed by atoms with Crippen LogP contribution in [0.3, 0.4) is 0 Å². The Morgan fingerprint density at radius 2 is 2.03 bits per heavy atom. The number of nitrogens with one attached hydrogen (secondary N) is 1. The van der Waals surface area contributed by atoms with Crippen LogP contribution in [-0.2, 0) is 10.2 Å². The number of carbonyl (C=O) groups excluding carboxylic acids is 1. The Morgan fingerprint density at radius 1 is 1.27 bits per heavy atom. The maximum absolute atomic E-state index is 13.5. The van der Waals surface area contributed by atoms with Crippen molar-refractivity contribution in [1.82, 2.24) is 9.78 Å². The van der Waals surface area contributed by atoms with Gasteiger partial charge in [-0.25, -0.2) is 4.68 Å². The second kappa shape index (κ2) is 6.12. The van der Waals surface area contributed by atoms with Gasteiger partial charge in [-0.15, -0.1) is 0 Å². The fourth-order valence-electron chi connectivity index (χ4n) is 4.28. The van der Waals surface area contributed by atoms with Gasteiger partial charge in [-0.05, 0) is 37.3 Å².